The minimum absolute atomic E-state index is 0.162. The highest BCUT2D eigenvalue weighted by Gasteiger charge is 2.32. The first-order valence-electron chi connectivity index (χ1n) is 9.45. The van der Waals surface area contributed by atoms with E-state index in [1.165, 1.54) is 18.0 Å². The summed E-state index contributed by atoms with van der Waals surface area (Å²) < 4.78 is 15.0. The summed E-state index contributed by atoms with van der Waals surface area (Å²) in [4.78, 5) is 15.8. The second-order valence-electron chi connectivity index (χ2n) is 6.93. The van der Waals surface area contributed by atoms with Crippen LogP contribution in [-0.2, 0) is 0 Å². The third-order valence-corrected chi connectivity index (χ3v) is 6.27. The van der Waals surface area contributed by atoms with Gasteiger partial charge in [-0.3, -0.25) is 0 Å². The predicted octanol–water partition coefficient (Wildman–Crippen LogP) is 3.12. The Morgan fingerprint density at radius 3 is 2.82 bits per heavy atom. The van der Waals surface area contributed by atoms with Crippen LogP contribution in [0.1, 0.15) is 38.3 Å². The molecule has 2 aromatic rings. The molecule has 0 spiro atoms. The summed E-state index contributed by atoms with van der Waals surface area (Å²) in [6.45, 7) is 3.46. The molecule has 4 N–H and O–H groups in total. The summed E-state index contributed by atoms with van der Waals surface area (Å²) >= 11 is 7.60. The van der Waals surface area contributed by atoms with Gasteiger partial charge in [-0.1, -0.05) is 30.3 Å². The summed E-state index contributed by atoms with van der Waals surface area (Å²) in [7, 11) is 0. The molecule has 1 atom stereocenters. The second kappa shape index (κ2) is 7.88. The van der Waals surface area contributed by atoms with Gasteiger partial charge < -0.3 is 15.6 Å². The molecule has 2 aliphatic rings. The molecule has 0 amide bonds. The van der Waals surface area contributed by atoms with Gasteiger partial charge in [-0.05, 0) is 31.4 Å². The van der Waals surface area contributed by atoms with Crippen LogP contribution in [0.5, 0.6) is 0 Å². The average molecular weight is 424 g/mol. The number of rotatable bonds is 2. The number of pyridine rings is 1. The van der Waals surface area contributed by atoms with Crippen molar-refractivity contribution in [3.05, 3.63) is 22.9 Å². The van der Waals surface area contributed by atoms with Crippen molar-refractivity contribution >= 4 is 45.8 Å². The highest BCUT2D eigenvalue weighted by molar-refractivity contribution is 7.99. The van der Waals surface area contributed by atoms with Crippen LogP contribution < -0.4 is 16.5 Å². The Morgan fingerprint density at radius 1 is 1.25 bits per heavy atom. The lowest BCUT2D eigenvalue weighted by atomic mass is 9.99. The van der Waals surface area contributed by atoms with Gasteiger partial charge in [0, 0.05) is 25.3 Å². The standard InChI is InChI=1S/C18H23ClFN7S/c1-2-28-18-24-15-12-14(23-16(19)13(15)20)11(9-21)27(22)8-6-10-5-3-4-7-26(10)17(12)25-18/h9-10H,2-8,21-22H2,1H3/b11-9-. The van der Waals surface area contributed by atoms with Crippen molar-refractivity contribution in [3.63, 3.8) is 0 Å². The van der Waals surface area contributed by atoms with Crippen LogP contribution in [0.4, 0.5) is 10.2 Å². The van der Waals surface area contributed by atoms with E-state index in [9.17, 15) is 0 Å². The van der Waals surface area contributed by atoms with Crippen LogP contribution in [0.3, 0.4) is 0 Å². The molecule has 2 aliphatic heterocycles. The summed E-state index contributed by atoms with van der Waals surface area (Å²) in [6.07, 6.45) is 5.48. The fourth-order valence-corrected chi connectivity index (χ4v) is 4.73. The third-order valence-electron chi connectivity index (χ3n) is 5.29. The molecule has 10 heteroatoms. The van der Waals surface area contributed by atoms with E-state index >= 15 is 4.39 Å². The lowest BCUT2D eigenvalue weighted by Gasteiger charge is -2.37. The van der Waals surface area contributed by atoms with E-state index in [0.29, 0.717) is 34.3 Å². The van der Waals surface area contributed by atoms with Gasteiger partial charge >= 0.3 is 0 Å². The van der Waals surface area contributed by atoms with Gasteiger partial charge in [0.15, 0.2) is 16.1 Å². The number of nitrogens with zero attached hydrogens (tertiary/aromatic N) is 5. The zero-order valence-corrected chi connectivity index (χ0v) is 17.2. The SMILES string of the molecule is CCSc1nc2c3c(nc(Cl)c(F)c3n1)/C(=C/N)N(N)CCC1CCCCN21. The first-order valence-corrected chi connectivity index (χ1v) is 10.8. The minimum Gasteiger partial charge on any atom is -0.403 e. The Hall–Kier alpha value is -1.84. The van der Waals surface area contributed by atoms with Gasteiger partial charge in [0.1, 0.15) is 17.0 Å². The first-order chi connectivity index (χ1) is 13.5. The average Bonchev–Trinajstić information content (AvgIpc) is 2.74. The van der Waals surface area contributed by atoms with Crippen LogP contribution in [0.15, 0.2) is 11.4 Å². The van der Waals surface area contributed by atoms with Crippen LogP contribution in [-0.4, -0.2) is 44.8 Å². The number of hydrazine groups is 1. The van der Waals surface area contributed by atoms with E-state index in [1.807, 2.05) is 6.92 Å². The molecule has 4 rings (SSSR count). The lowest BCUT2D eigenvalue weighted by Crippen LogP contribution is -2.42. The number of hydrogen-bond donors (Lipinski definition) is 2. The summed E-state index contributed by atoms with van der Waals surface area (Å²) in [5, 5.41) is 2.36. The smallest absolute Gasteiger partial charge is 0.190 e. The van der Waals surface area contributed by atoms with Gasteiger partial charge in [-0.15, -0.1) is 0 Å². The largest absolute Gasteiger partial charge is 0.403 e. The summed E-state index contributed by atoms with van der Waals surface area (Å²) in [5.41, 5.74) is 6.96. The Bertz CT molecular complexity index is 938. The fourth-order valence-electron chi connectivity index (χ4n) is 3.99. The fraction of sp³-hybridized carbons (Fsp3) is 0.500. The molecule has 7 nitrogen and oxygen atoms in total. The van der Waals surface area contributed by atoms with Crippen molar-refractivity contribution in [3.8, 4) is 0 Å². The number of fused-ring (bicyclic) bond motifs is 2. The number of nitrogens with two attached hydrogens (primary N) is 2. The number of anilines is 1. The minimum atomic E-state index is -0.644. The molecule has 150 valence electrons. The molecule has 28 heavy (non-hydrogen) atoms. The molecular weight excluding hydrogens is 401 g/mol. The van der Waals surface area contributed by atoms with E-state index in [2.05, 4.69) is 14.9 Å². The van der Waals surface area contributed by atoms with Gasteiger partial charge in [-0.2, -0.15) is 0 Å². The van der Waals surface area contributed by atoms with E-state index in [4.69, 9.17) is 28.2 Å². The van der Waals surface area contributed by atoms with Gasteiger partial charge in [-0.25, -0.2) is 25.2 Å². The maximum Gasteiger partial charge on any atom is 0.190 e. The van der Waals surface area contributed by atoms with Crippen molar-refractivity contribution in [2.75, 3.05) is 23.7 Å². The van der Waals surface area contributed by atoms with Crippen molar-refractivity contribution < 1.29 is 4.39 Å². The molecule has 1 fully saturated rings. The van der Waals surface area contributed by atoms with Crippen LogP contribution in [0.25, 0.3) is 16.6 Å². The van der Waals surface area contributed by atoms with Crippen LogP contribution in [0.2, 0.25) is 5.15 Å². The molecular formula is C18H23ClFN7S. The van der Waals surface area contributed by atoms with Crippen molar-refractivity contribution in [1.29, 1.82) is 0 Å². The molecule has 4 heterocycles. The lowest BCUT2D eigenvalue weighted by molar-refractivity contribution is 0.354. The number of aromatic nitrogens is 3. The summed E-state index contributed by atoms with van der Waals surface area (Å²) in [5.74, 6) is 7.13. The monoisotopic (exact) mass is 423 g/mol. The first kappa shape index (κ1) is 19.5. The number of piperidine rings is 1. The Morgan fingerprint density at radius 2 is 2.07 bits per heavy atom. The van der Waals surface area contributed by atoms with Crippen molar-refractivity contribution in [1.82, 2.24) is 20.0 Å². The Labute approximate surface area is 172 Å². The van der Waals surface area contributed by atoms with Gasteiger partial charge in [0.2, 0.25) is 0 Å². The van der Waals surface area contributed by atoms with Crippen LogP contribution >= 0.6 is 23.4 Å². The molecule has 1 saturated heterocycles. The summed E-state index contributed by atoms with van der Waals surface area (Å²) in [6, 6.07) is 0.265. The Balaban J connectivity index is 2.09. The maximum atomic E-state index is 15.0. The molecule has 1 unspecified atom stereocenters. The second-order valence-corrected chi connectivity index (χ2v) is 8.52. The molecule has 0 aromatic carbocycles. The molecule has 0 radical (unpaired) electrons. The number of halogens is 2. The highest BCUT2D eigenvalue weighted by atomic mass is 35.5. The number of thioether (sulfide) groups is 1. The van der Waals surface area contributed by atoms with Crippen LogP contribution in [0, 0.1) is 5.82 Å². The normalized spacial score (nSPS) is 21.4. The van der Waals surface area contributed by atoms with E-state index in [1.54, 1.807) is 5.01 Å². The third kappa shape index (κ3) is 3.25. The maximum absolute atomic E-state index is 15.0. The highest BCUT2D eigenvalue weighted by Crippen LogP contribution is 2.39. The van der Waals surface area contributed by atoms with Gasteiger partial charge in [0.25, 0.3) is 0 Å². The van der Waals surface area contributed by atoms with Gasteiger partial charge in [0.05, 0.1) is 11.1 Å². The number of hydrogen-bond acceptors (Lipinski definition) is 8. The zero-order chi connectivity index (χ0) is 19.8. The van der Waals surface area contributed by atoms with E-state index < -0.39 is 5.82 Å². The zero-order valence-electron chi connectivity index (χ0n) is 15.7. The topological polar surface area (TPSA) is 97.2 Å². The molecule has 0 saturated carbocycles. The van der Waals surface area contributed by atoms with Crippen molar-refractivity contribution in [2.45, 2.75) is 43.8 Å². The molecule has 2 aromatic heterocycles. The Kier molecular flexibility index (Phi) is 5.48. The quantitative estimate of drug-likeness (QED) is 0.329. The predicted molar refractivity (Wildman–Crippen MR) is 111 cm³/mol. The van der Waals surface area contributed by atoms with E-state index in [0.717, 1.165) is 38.0 Å². The van der Waals surface area contributed by atoms with E-state index in [-0.39, 0.29) is 16.7 Å². The molecule has 0 bridgehead atoms. The van der Waals surface area contributed by atoms with Crippen molar-refractivity contribution in [2.24, 2.45) is 11.6 Å². The molecule has 0 aliphatic carbocycles.